The van der Waals surface area contributed by atoms with Crippen LogP contribution in [-0.2, 0) is 11.3 Å². The number of rotatable bonds is 9. The second-order valence-corrected chi connectivity index (χ2v) is 9.84. The Morgan fingerprint density at radius 3 is 2.19 bits per heavy atom. The van der Waals surface area contributed by atoms with E-state index in [9.17, 15) is 4.79 Å². The Balaban J connectivity index is 0.00000176. The van der Waals surface area contributed by atoms with Gasteiger partial charge in [-0.1, -0.05) is 82.7 Å². The monoisotopic (exact) mass is 486 g/mol. The van der Waals surface area contributed by atoms with Gasteiger partial charge in [-0.3, -0.25) is 9.69 Å². The highest BCUT2D eigenvalue weighted by Gasteiger charge is 2.32. The van der Waals surface area contributed by atoms with E-state index < -0.39 is 5.97 Å². The zero-order valence-corrected chi connectivity index (χ0v) is 22.2. The number of carboxylic acid groups (broad SMARTS) is 1. The molecule has 0 aromatic heterocycles. The Labute approximate surface area is 217 Å². The van der Waals surface area contributed by atoms with Gasteiger partial charge in [-0.05, 0) is 71.7 Å². The summed E-state index contributed by atoms with van der Waals surface area (Å²) in [7, 11) is 0. The number of anilines is 1. The van der Waals surface area contributed by atoms with Crippen molar-refractivity contribution in [2.24, 2.45) is 5.92 Å². The summed E-state index contributed by atoms with van der Waals surface area (Å²) >= 11 is 0. The van der Waals surface area contributed by atoms with Gasteiger partial charge in [0.1, 0.15) is 0 Å². The second-order valence-electron chi connectivity index (χ2n) is 9.84. The molecule has 1 heterocycles. The van der Waals surface area contributed by atoms with Gasteiger partial charge in [0.2, 0.25) is 0 Å². The van der Waals surface area contributed by atoms with E-state index in [0.29, 0.717) is 13.1 Å². The molecule has 0 bridgehead atoms. The fourth-order valence-electron chi connectivity index (χ4n) is 4.95. The second kappa shape index (κ2) is 13.3. The molecule has 192 valence electrons. The first kappa shape index (κ1) is 27.5. The van der Waals surface area contributed by atoms with E-state index in [1.54, 1.807) is 0 Å². The molecule has 0 unspecified atom stereocenters. The fourth-order valence-corrected chi connectivity index (χ4v) is 4.95. The lowest BCUT2D eigenvalue weighted by Gasteiger charge is -2.36. The first-order valence-electron chi connectivity index (χ1n) is 13.4. The van der Waals surface area contributed by atoms with E-state index in [1.165, 1.54) is 54.4 Å². The molecule has 0 atom stereocenters. The van der Waals surface area contributed by atoms with Crippen molar-refractivity contribution < 1.29 is 9.90 Å². The molecule has 2 aromatic carbocycles. The predicted octanol–water partition coefficient (Wildman–Crippen LogP) is 7.86. The van der Waals surface area contributed by atoms with Crippen LogP contribution in [0.25, 0.3) is 5.57 Å². The highest BCUT2D eigenvalue weighted by Crippen LogP contribution is 2.33. The predicted molar refractivity (Wildman–Crippen MR) is 152 cm³/mol. The summed E-state index contributed by atoms with van der Waals surface area (Å²) in [5.41, 5.74) is 7.63. The van der Waals surface area contributed by atoms with E-state index in [1.807, 2.05) is 26.0 Å². The Hall–Kier alpha value is -3.11. The number of hydrogen-bond acceptors (Lipinski definition) is 3. The summed E-state index contributed by atoms with van der Waals surface area (Å²) in [5, 5.41) is 12.4. The standard InChI is InChI=1S/C30H36N2O2.C2H6/c1-21(17-22(2)25-11-13-27(14-12-25)26-7-5-4-6-8-26)23(3)31-29-15-9-24(10-16-29)18-32-19-28(20-32)30(33)34;1-2/h9-17,26,28,31H,1,3-8,18-20H2,2H3,(H,33,34);1-2H3/b22-17+;. The van der Waals surface area contributed by atoms with E-state index in [0.717, 1.165) is 29.4 Å². The highest BCUT2D eigenvalue weighted by atomic mass is 16.4. The van der Waals surface area contributed by atoms with Crippen LogP contribution >= 0.6 is 0 Å². The normalized spacial score (nSPS) is 16.9. The van der Waals surface area contributed by atoms with Gasteiger partial charge in [0.25, 0.3) is 0 Å². The van der Waals surface area contributed by atoms with Gasteiger partial charge in [0, 0.05) is 31.0 Å². The third-order valence-corrected chi connectivity index (χ3v) is 7.18. The minimum Gasteiger partial charge on any atom is -0.481 e. The number of nitrogens with one attached hydrogen (secondary N) is 1. The number of carboxylic acids is 1. The summed E-state index contributed by atoms with van der Waals surface area (Å²) < 4.78 is 0. The number of aliphatic carboxylic acids is 1. The summed E-state index contributed by atoms with van der Waals surface area (Å²) in [5.74, 6) is -0.193. The Kier molecular flexibility index (Phi) is 10.1. The smallest absolute Gasteiger partial charge is 0.309 e. The number of hydrogen-bond donors (Lipinski definition) is 2. The van der Waals surface area contributed by atoms with Crippen LogP contribution in [0.3, 0.4) is 0 Å². The molecule has 2 fully saturated rings. The molecule has 1 saturated carbocycles. The molecule has 4 nitrogen and oxygen atoms in total. The maximum atomic E-state index is 10.9. The van der Waals surface area contributed by atoms with Crippen LogP contribution in [0, 0.1) is 5.92 Å². The number of benzene rings is 2. The molecule has 36 heavy (non-hydrogen) atoms. The first-order valence-corrected chi connectivity index (χ1v) is 13.4. The number of carbonyl (C=O) groups is 1. The van der Waals surface area contributed by atoms with Crippen LogP contribution in [0.2, 0.25) is 0 Å². The summed E-state index contributed by atoms with van der Waals surface area (Å²) in [4.78, 5) is 13.1. The van der Waals surface area contributed by atoms with Crippen molar-refractivity contribution in [3.05, 3.63) is 95.7 Å². The molecular formula is C32H42N2O2. The van der Waals surface area contributed by atoms with Gasteiger partial charge in [0.15, 0.2) is 0 Å². The Morgan fingerprint density at radius 2 is 1.61 bits per heavy atom. The van der Waals surface area contributed by atoms with E-state index in [2.05, 4.69) is 72.8 Å². The fraction of sp³-hybridized carbons (Fsp3) is 0.406. The molecule has 1 saturated heterocycles. The average molecular weight is 487 g/mol. The lowest BCUT2D eigenvalue weighted by molar-refractivity contribution is -0.147. The Morgan fingerprint density at radius 1 is 1.00 bits per heavy atom. The molecule has 2 N–H and O–H groups in total. The van der Waals surface area contributed by atoms with Crippen LogP contribution in [0.5, 0.6) is 0 Å². The SMILES string of the molecule is C=C(/C=C(\C)c1ccc(C2CCCCC2)cc1)C(=C)Nc1ccc(CN2CC(C(=O)O)C2)cc1.CC. The maximum Gasteiger partial charge on any atom is 0.309 e. The van der Waals surface area contributed by atoms with Gasteiger partial charge in [-0.2, -0.15) is 0 Å². The maximum absolute atomic E-state index is 10.9. The average Bonchev–Trinajstić information content (AvgIpc) is 2.88. The van der Waals surface area contributed by atoms with Gasteiger partial charge < -0.3 is 10.4 Å². The van der Waals surface area contributed by atoms with Crippen LogP contribution in [0.15, 0.2) is 79.0 Å². The molecule has 0 amide bonds. The third kappa shape index (κ3) is 7.44. The van der Waals surface area contributed by atoms with Crippen LogP contribution in [0.4, 0.5) is 5.69 Å². The molecule has 0 radical (unpaired) electrons. The van der Waals surface area contributed by atoms with Crippen molar-refractivity contribution in [1.29, 1.82) is 0 Å². The minimum absolute atomic E-state index is 0.221. The quantitative estimate of drug-likeness (QED) is 0.354. The number of allylic oxidation sites excluding steroid dienone is 2. The molecule has 1 aliphatic carbocycles. The van der Waals surface area contributed by atoms with Crippen molar-refractivity contribution in [3.63, 3.8) is 0 Å². The molecule has 2 aliphatic rings. The minimum atomic E-state index is -0.699. The van der Waals surface area contributed by atoms with Crippen LogP contribution in [0.1, 0.15) is 75.5 Å². The lowest BCUT2D eigenvalue weighted by atomic mass is 9.83. The van der Waals surface area contributed by atoms with Gasteiger partial charge >= 0.3 is 5.97 Å². The lowest BCUT2D eigenvalue weighted by Crippen LogP contribution is -2.49. The zero-order chi connectivity index (χ0) is 26.1. The van der Waals surface area contributed by atoms with Crippen molar-refractivity contribution in [1.82, 2.24) is 4.90 Å². The molecule has 4 heteroatoms. The molecule has 4 rings (SSSR count). The summed E-state index contributed by atoms with van der Waals surface area (Å²) in [6.07, 6.45) is 8.82. The third-order valence-electron chi connectivity index (χ3n) is 7.18. The van der Waals surface area contributed by atoms with E-state index >= 15 is 0 Å². The van der Waals surface area contributed by atoms with Gasteiger partial charge in [-0.15, -0.1) is 0 Å². The topological polar surface area (TPSA) is 52.6 Å². The largest absolute Gasteiger partial charge is 0.481 e. The van der Waals surface area contributed by atoms with Gasteiger partial charge in [-0.25, -0.2) is 0 Å². The van der Waals surface area contributed by atoms with Crippen molar-refractivity contribution in [2.75, 3.05) is 18.4 Å². The first-order chi connectivity index (χ1) is 17.4. The molecule has 2 aromatic rings. The van der Waals surface area contributed by atoms with E-state index in [-0.39, 0.29) is 5.92 Å². The summed E-state index contributed by atoms with van der Waals surface area (Å²) in [6, 6.07) is 17.3. The summed E-state index contributed by atoms with van der Waals surface area (Å²) in [6.45, 7) is 16.5. The van der Waals surface area contributed by atoms with E-state index in [4.69, 9.17) is 5.11 Å². The Bertz CT molecular complexity index is 1050. The van der Waals surface area contributed by atoms with Crippen molar-refractivity contribution in [3.8, 4) is 0 Å². The number of nitrogens with zero attached hydrogens (tertiary/aromatic N) is 1. The highest BCUT2D eigenvalue weighted by molar-refractivity contribution is 5.71. The zero-order valence-electron chi connectivity index (χ0n) is 22.2. The van der Waals surface area contributed by atoms with Gasteiger partial charge in [0.05, 0.1) is 5.92 Å². The number of likely N-dealkylation sites (tertiary alicyclic amines) is 1. The molecular weight excluding hydrogens is 444 g/mol. The molecule has 1 aliphatic heterocycles. The molecule has 0 spiro atoms. The van der Waals surface area contributed by atoms with Crippen molar-refractivity contribution >= 4 is 17.2 Å². The van der Waals surface area contributed by atoms with Crippen molar-refractivity contribution in [2.45, 2.75) is 65.3 Å². The van der Waals surface area contributed by atoms with Crippen LogP contribution < -0.4 is 5.32 Å². The van der Waals surface area contributed by atoms with Crippen LogP contribution in [-0.4, -0.2) is 29.1 Å².